The third kappa shape index (κ3) is 7.30. The summed E-state index contributed by atoms with van der Waals surface area (Å²) in [5.41, 5.74) is 6.06. The van der Waals surface area contributed by atoms with Crippen LogP contribution in [0.5, 0.6) is 0 Å². The topological polar surface area (TPSA) is 118 Å². The summed E-state index contributed by atoms with van der Waals surface area (Å²) in [5, 5.41) is 17.1. The predicted molar refractivity (Wildman–Crippen MR) is 200 cm³/mol. The third-order valence-electron chi connectivity index (χ3n) is 8.70. The van der Waals surface area contributed by atoms with Gasteiger partial charge in [0.05, 0.1) is 33.6 Å². The molecule has 0 heterocycles. The minimum absolute atomic E-state index is 0.00816. The van der Waals surface area contributed by atoms with Gasteiger partial charge in [-0.15, -0.1) is 0 Å². The van der Waals surface area contributed by atoms with Crippen molar-refractivity contribution in [2.75, 3.05) is 0 Å². The minimum atomic E-state index is -3.81. The molecule has 0 saturated heterocycles. The van der Waals surface area contributed by atoms with E-state index in [1.807, 2.05) is 102 Å². The molecule has 4 aromatic rings. The molecule has 9 heteroatoms. The van der Waals surface area contributed by atoms with E-state index in [1.54, 1.807) is 36.7 Å². The number of fused-ring (bicyclic) bond motifs is 2. The molecule has 0 amide bonds. The smallest absolute Gasteiger partial charge is 0.206 e. The number of nitrogens with zero attached hydrogens (tertiary/aromatic N) is 4. The molecule has 0 saturated carbocycles. The zero-order valence-corrected chi connectivity index (χ0v) is 30.2. The zero-order chi connectivity index (χ0) is 36.6. The molecule has 0 fully saturated rings. The van der Waals surface area contributed by atoms with Crippen molar-refractivity contribution in [3.05, 3.63) is 155 Å². The van der Waals surface area contributed by atoms with Crippen LogP contribution >= 0.6 is 0 Å². The predicted octanol–water partition coefficient (Wildman–Crippen LogP) is 11.1. The molecular formula is C42H38N4O4S. The minimum Gasteiger partial charge on any atom is -0.289 e. The zero-order valence-electron chi connectivity index (χ0n) is 29.4. The van der Waals surface area contributed by atoms with Crippen LogP contribution in [0.2, 0.25) is 0 Å². The third-order valence-corrected chi connectivity index (χ3v) is 10.5. The van der Waals surface area contributed by atoms with Gasteiger partial charge >= 0.3 is 0 Å². The molecule has 256 valence electrons. The van der Waals surface area contributed by atoms with Crippen LogP contribution in [0.15, 0.2) is 163 Å². The van der Waals surface area contributed by atoms with Gasteiger partial charge < -0.3 is 0 Å². The van der Waals surface area contributed by atoms with Crippen LogP contribution < -0.4 is 0 Å². The molecule has 0 spiro atoms. The maximum atomic E-state index is 13.4. The lowest BCUT2D eigenvalue weighted by atomic mass is 9.76. The van der Waals surface area contributed by atoms with Crippen molar-refractivity contribution in [1.82, 2.24) is 0 Å². The summed E-state index contributed by atoms with van der Waals surface area (Å²) in [4.78, 5) is 26.4. The van der Waals surface area contributed by atoms with Crippen LogP contribution in [0.4, 0.5) is 11.4 Å². The van der Waals surface area contributed by atoms with Gasteiger partial charge in [-0.3, -0.25) is 9.59 Å². The Bertz CT molecular complexity index is 2190. The SMILES string of the molecule is CC(C)(C)C1=C/C(=C/N=Nc2ccc(S(=O)(=O)c3ccc(N=N/C=C4/C=C(C(C)(C)C)C(=O)c5ccccc54)cc3)cc2)c2ccccc2C1=O. The first kappa shape index (κ1) is 35.2. The molecule has 0 unspecified atom stereocenters. The fourth-order valence-electron chi connectivity index (χ4n) is 5.92. The highest BCUT2D eigenvalue weighted by Crippen LogP contribution is 2.39. The lowest BCUT2D eigenvalue weighted by molar-refractivity contribution is 0.1000. The number of carbonyl (C=O) groups excluding carboxylic acids is 2. The summed E-state index contributed by atoms with van der Waals surface area (Å²) >= 11 is 0. The monoisotopic (exact) mass is 694 g/mol. The van der Waals surface area contributed by atoms with Crippen molar-refractivity contribution in [3.8, 4) is 0 Å². The van der Waals surface area contributed by atoms with E-state index in [2.05, 4.69) is 20.5 Å². The number of hydrogen-bond acceptors (Lipinski definition) is 8. The molecule has 0 aliphatic heterocycles. The van der Waals surface area contributed by atoms with Gasteiger partial charge in [-0.25, -0.2) is 8.42 Å². The van der Waals surface area contributed by atoms with Crippen molar-refractivity contribution < 1.29 is 18.0 Å². The van der Waals surface area contributed by atoms with E-state index >= 15 is 0 Å². The van der Waals surface area contributed by atoms with Gasteiger partial charge in [-0.2, -0.15) is 20.5 Å². The molecule has 0 atom stereocenters. The van der Waals surface area contributed by atoms with Crippen LogP contribution in [-0.4, -0.2) is 20.0 Å². The van der Waals surface area contributed by atoms with Crippen LogP contribution in [0, 0.1) is 10.8 Å². The Labute approximate surface area is 298 Å². The Morgan fingerprint density at radius 3 is 1.16 bits per heavy atom. The van der Waals surface area contributed by atoms with Gasteiger partial charge in [0.1, 0.15) is 0 Å². The summed E-state index contributed by atoms with van der Waals surface area (Å²) in [6.07, 6.45) is 6.96. The molecule has 0 bridgehead atoms. The van der Waals surface area contributed by atoms with Crippen LogP contribution in [0.1, 0.15) is 73.4 Å². The maximum Gasteiger partial charge on any atom is 0.206 e. The number of rotatable bonds is 6. The number of allylic oxidation sites excluding steroid dienone is 6. The van der Waals surface area contributed by atoms with Crippen LogP contribution in [0.3, 0.4) is 0 Å². The highest BCUT2D eigenvalue weighted by molar-refractivity contribution is 7.91. The van der Waals surface area contributed by atoms with Gasteiger partial charge in [0.2, 0.25) is 9.84 Å². The first-order valence-electron chi connectivity index (χ1n) is 16.5. The molecule has 0 N–H and O–H groups in total. The molecule has 4 aromatic carbocycles. The van der Waals surface area contributed by atoms with E-state index in [1.165, 1.54) is 24.3 Å². The first-order valence-corrected chi connectivity index (χ1v) is 18.0. The summed E-state index contributed by atoms with van der Waals surface area (Å²) in [6.45, 7) is 12.0. The molecule has 2 aliphatic rings. The van der Waals surface area contributed by atoms with Crippen LogP contribution in [0.25, 0.3) is 11.1 Å². The van der Waals surface area contributed by atoms with Gasteiger partial charge in [0.25, 0.3) is 0 Å². The normalized spacial score (nSPS) is 16.8. The Morgan fingerprint density at radius 1 is 0.490 bits per heavy atom. The second-order valence-electron chi connectivity index (χ2n) is 14.5. The Morgan fingerprint density at radius 2 is 0.824 bits per heavy atom. The van der Waals surface area contributed by atoms with Crippen molar-refractivity contribution >= 4 is 43.9 Å². The number of azo groups is 2. The average molecular weight is 695 g/mol. The lowest BCUT2D eigenvalue weighted by Gasteiger charge is -2.27. The fraction of sp³-hybridized carbons (Fsp3) is 0.190. The van der Waals surface area contributed by atoms with E-state index in [0.717, 1.165) is 22.3 Å². The van der Waals surface area contributed by atoms with Crippen molar-refractivity contribution in [3.63, 3.8) is 0 Å². The van der Waals surface area contributed by atoms with Crippen molar-refractivity contribution in [1.29, 1.82) is 0 Å². The number of sulfone groups is 1. The number of Topliss-reactive ketones (excluding diaryl/α,β-unsaturated/α-hetero) is 2. The highest BCUT2D eigenvalue weighted by Gasteiger charge is 2.31. The van der Waals surface area contributed by atoms with Crippen LogP contribution in [-0.2, 0) is 9.84 Å². The lowest BCUT2D eigenvalue weighted by Crippen LogP contribution is -2.22. The number of ketones is 2. The second kappa shape index (κ2) is 13.6. The molecule has 0 radical (unpaired) electrons. The molecular weight excluding hydrogens is 657 g/mol. The molecule has 8 nitrogen and oxygen atoms in total. The summed E-state index contributed by atoms with van der Waals surface area (Å²) < 4.78 is 26.8. The Kier molecular flexibility index (Phi) is 9.35. The standard InChI is InChI=1S/C42H38N4O4S/c1-41(2,3)37-23-27(33-11-7-9-13-35(33)39(37)47)25-43-45-29-15-19-31(20-16-29)51(49,50)32-21-17-30(18-22-32)46-44-26-28-24-38(42(4,5)6)40(48)36-14-10-8-12-34(28)36/h7-26H,1-6H3/b27-25-,28-26-,45-43?,46-44?. The average Bonchev–Trinajstić information content (AvgIpc) is 3.10. The van der Waals surface area contributed by atoms with Gasteiger partial charge in [-0.1, -0.05) is 90.1 Å². The number of carbonyl (C=O) groups is 2. The van der Waals surface area contributed by atoms with E-state index in [0.29, 0.717) is 33.6 Å². The van der Waals surface area contributed by atoms with Gasteiger partial charge in [0, 0.05) is 33.4 Å². The number of benzene rings is 4. The molecule has 2 aliphatic carbocycles. The maximum absolute atomic E-state index is 13.4. The summed E-state index contributed by atoms with van der Waals surface area (Å²) in [5.74, 6) is 0.0163. The Hall–Kier alpha value is -5.67. The van der Waals surface area contributed by atoms with Crippen molar-refractivity contribution in [2.45, 2.75) is 51.3 Å². The van der Waals surface area contributed by atoms with Gasteiger partial charge in [0.15, 0.2) is 11.6 Å². The van der Waals surface area contributed by atoms with Crippen molar-refractivity contribution in [2.24, 2.45) is 31.3 Å². The summed E-state index contributed by atoms with van der Waals surface area (Å²) in [7, 11) is -3.81. The number of hydrogen-bond donors (Lipinski definition) is 0. The largest absolute Gasteiger partial charge is 0.289 e. The molecule has 0 aromatic heterocycles. The molecule has 51 heavy (non-hydrogen) atoms. The van der Waals surface area contributed by atoms with E-state index in [4.69, 9.17) is 0 Å². The quantitative estimate of drug-likeness (QED) is 0.187. The van der Waals surface area contributed by atoms with Gasteiger partial charge in [-0.05, 0) is 82.6 Å². The highest BCUT2D eigenvalue weighted by atomic mass is 32.2. The Balaban J connectivity index is 1.17. The summed E-state index contributed by atoms with van der Waals surface area (Å²) in [6, 6.07) is 27.2. The molecule has 6 rings (SSSR count). The van der Waals surface area contributed by atoms with E-state index < -0.39 is 9.84 Å². The van der Waals surface area contributed by atoms with E-state index in [9.17, 15) is 18.0 Å². The second-order valence-corrected chi connectivity index (χ2v) is 16.4. The fourth-order valence-corrected chi connectivity index (χ4v) is 7.18. The first-order chi connectivity index (χ1) is 24.1. The van der Waals surface area contributed by atoms with E-state index in [-0.39, 0.29) is 32.2 Å².